The molecular formula is C20H27Cl2Zr-. The summed E-state index contributed by atoms with van der Waals surface area (Å²) in [5.41, 5.74) is 6.03. The molecule has 3 heteroatoms. The van der Waals surface area contributed by atoms with Crippen molar-refractivity contribution in [1.82, 2.24) is 0 Å². The molecular weight excluding hydrogens is 402 g/mol. The molecule has 3 aliphatic carbocycles. The van der Waals surface area contributed by atoms with Crippen LogP contribution in [-0.2, 0) is 24.2 Å². The average molecular weight is 430 g/mol. The van der Waals surface area contributed by atoms with E-state index in [-0.39, 0.29) is 24.8 Å². The van der Waals surface area contributed by atoms with E-state index in [9.17, 15) is 0 Å². The summed E-state index contributed by atoms with van der Waals surface area (Å²) < 4.78 is 1.80. The summed E-state index contributed by atoms with van der Waals surface area (Å²) in [6.07, 6.45) is 22.0. The van der Waals surface area contributed by atoms with Crippen LogP contribution in [0.25, 0.3) is 0 Å². The van der Waals surface area contributed by atoms with Crippen LogP contribution in [-0.4, -0.2) is 3.21 Å². The minimum absolute atomic E-state index is 0. The van der Waals surface area contributed by atoms with E-state index in [2.05, 4.69) is 38.2 Å². The molecule has 126 valence electrons. The summed E-state index contributed by atoms with van der Waals surface area (Å²) in [5.74, 6) is 0. The molecule has 0 aromatic carbocycles. The van der Waals surface area contributed by atoms with Gasteiger partial charge in [-0.15, -0.1) is 17.2 Å². The third-order valence-electron chi connectivity index (χ3n) is 4.54. The normalized spacial score (nSPS) is 19.4. The van der Waals surface area contributed by atoms with Gasteiger partial charge in [0.1, 0.15) is 0 Å². The molecule has 0 heterocycles. The molecule has 3 aliphatic rings. The Morgan fingerprint density at radius 1 is 1.04 bits per heavy atom. The Labute approximate surface area is 169 Å². The molecule has 0 atom stereocenters. The Hall–Kier alpha value is 0.293. The zero-order valence-corrected chi connectivity index (χ0v) is 18.3. The molecule has 0 aromatic rings. The third-order valence-corrected chi connectivity index (χ3v) is 5.77. The first-order chi connectivity index (χ1) is 10.3. The summed E-state index contributed by atoms with van der Waals surface area (Å²) in [4.78, 5) is 0. The first-order valence-electron chi connectivity index (χ1n) is 8.50. The van der Waals surface area contributed by atoms with Gasteiger partial charge in [-0.3, -0.25) is 0 Å². The Morgan fingerprint density at radius 3 is 2.17 bits per heavy atom. The van der Waals surface area contributed by atoms with Crippen LogP contribution in [0.2, 0.25) is 0 Å². The van der Waals surface area contributed by atoms with Gasteiger partial charge in [0.15, 0.2) is 0 Å². The maximum absolute atomic E-state index is 3.53. The number of halogens is 2. The van der Waals surface area contributed by atoms with Gasteiger partial charge < -0.3 is 24.8 Å². The van der Waals surface area contributed by atoms with E-state index in [1.54, 1.807) is 38.6 Å². The van der Waals surface area contributed by atoms with Crippen molar-refractivity contribution in [3.05, 3.63) is 46.6 Å². The SMILES string of the molecule is CCC1=C(CC)C(C2=CC=CC2)=[C-]C1.[Cl-].[Cl-].[Zr+2]=[C]1CCCCC1. The van der Waals surface area contributed by atoms with E-state index in [1.165, 1.54) is 49.7 Å². The van der Waals surface area contributed by atoms with Crippen molar-refractivity contribution in [2.75, 3.05) is 0 Å². The van der Waals surface area contributed by atoms with Crippen molar-refractivity contribution in [3.63, 3.8) is 0 Å². The van der Waals surface area contributed by atoms with E-state index in [0.29, 0.717) is 0 Å². The molecule has 0 spiro atoms. The van der Waals surface area contributed by atoms with Crippen molar-refractivity contribution in [1.29, 1.82) is 0 Å². The van der Waals surface area contributed by atoms with Crippen LogP contribution in [0.5, 0.6) is 0 Å². The van der Waals surface area contributed by atoms with Crippen molar-refractivity contribution in [3.8, 4) is 0 Å². The van der Waals surface area contributed by atoms with Crippen LogP contribution >= 0.6 is 0 Å². The van der Waals surface area contributed by atoms with Crippen molar-refractivity contribution in [2.45, 2.75) is 71.6 Å². The van der Waals surface area contributed by atoms with Crippen molar-refractivity contribution in [2.24, 2.45) is 0 Å². The maximum atomic E-state index is 3.53. The zero-order chi connectivity index (χ0) is 15.1. The van der Waals surface area contributed by atoms with Crippen molar-refractivity contribution < 1.29 is 49.0 Å². The van der Waals surface area contributed by atoms with Gasteiger partial charge in [0, 0.05) is 0 Å². The predicted octanol–water partition coefficient (Wildman–Crippen LogP) is -0.200. The summed E-state index contributed by atoms with van der Waals surface area (Å²) in [7, 11) is 0. The second kappa shape index (κ2) is 12.6. The third kappa shape index (κ3) is 6.97. The first-order valence-corrected chi connectivity index (χ1v) is 9.73. The molecule has 23 heavy (non-hydrogen) atoms. The van der Waals surface area contributed by atoms with Gasteiger partial charge in [0.2, 0.25) is 0 Å². The number of allylic oxidation sites excluding steroid dienone is 8. The van der Waals surface area contributed by atoms with Gasteiger partial charge in [-0.2, -0.15) is 17.2 Å². The van der Waals surface area contributed by atoms with E-state index in [0.717, 1.165) is 19.3 Å². The molecule has 0 radical (unpaired) electrons. The number of rotatable bonds is 3. The second-order valence-electron chi connectivity index (χ2n) is 6.01. The molecule has 0 N–H and O–H groups in total. The average Bonchev–Trinajstić information content (AvgIpc) is 3.17. The second-order valence-corrected chi connectivity index (χ2v) is 7.74. The Morgan fingerprint density at radius 2 is 1.74 bits per heavy atom. The molecule has 0 bridgehead atoms. The van der Waals surface area contributed by atoms with Crippen LogP contribution in [0.4, 0.5) is 0 Å². The molecule has 0 unspecified atom stereocenters. The summed E-state index contributed by atoms with van der Waals surface area (Å²) in [6.45, 7) is 4.50. The standard InChI is InChI=1S/C14H17.C6H10.2ClH.Zr/c1-3-11-9-10-14(13(11)4-2)12-7-5-6-8-12;1-2-4-6-5-3-1;;;/h5-7H,3-4,8-9H2,1-2H3;1-5H2;2*1H;/q-1;;;;+2/p-2. The van der Waals surface area contributed by atoms with Crippen LogP contribution in [0.15, 0.2) is 40.5 Å². The molecule has 0 nitrogen and oxygen atoms in total. The van der Waals surface area contributed by atoms with E-state index in [4.69, 9.17) is 0 Å². The van der Waals surface area contributed by atoms with Crippen molar-refractivity contribution >= 4 is 3.21 Å². The number of hydrogen-bond acceptors (Lipinski definition) is 0. The van der Waals surface area contributed by atoms with Gasteiger partial charge in [0.05, 0.1) is 0 Å². The summed E-state index contributed by atoms with van der Waals surface area (Å²) in [5, 5.41) is 0. The molecule has 1 fully saturated rings. The molecule has 0 aromatic heterocycles. The fourth-order valence-electron chi connectivity index (χ4n) is 3.27. The quantitative estimate of drug-likeness (QED) is 0.546. The van der Waals surface area contributed by atoms with Gasteiger partial charge in [-0.05, 0) is 6.42 Å². The van der Waals surface area contributed by atoms with Gasteiger partial charge in [-0.1, -0.05) is 45.3 Å². The van der Waals surface area contributed by atoms with Crippen LogP contribution in [0.3, 0.4) is 0 Å². The fraction of sp³-hybridized carbons (Fsp3) is 0.550. The predicted molar refractivity (Wildman–Crippen MR) is 88.9 cm³/mol. The molecule has 0 saturated heterocycles. The monoisotopic (exact) mass is 427 g/mol. The van der Waals surface area contributed by atoms with Gasteiger partial charge >= 0.3 is 59.5 Å². The molecule has 0 aliphatic heterocycles. The molecule has 3 rings (SSSR count). The Bertz CT molecular complexity index is 502. The Balaban J connectivity index is 0.000000463. The zero-order valence-electron chi connectivity index (χ0n) is 14.4. The minimum atomic E-state index is 0. The first kappa shape index (κ1) is 23.3. The topological polar surface area (TPSA) is 0 Å². The van der Waals surface area contributed by atoms with E-state index >= 15 is 0 Å². The van der Waals surface area contributed by atoms with Gasteiger partial charge in [-0.25, -0.2) is 0 Å². The van der Waals surface area contributed by atoms with Crippen LogP contribution in [0, 0.1) is 6.08 Å². The van der Waals surface area contributed by atoms with E-state index < -0.39 is 0 Å². The van der Waals surface area contributed by atoms with Crippen LogP contribution < -0.4 is 24.8 Å². The van der Waals surface area contributed by atoms with Crippen LogP contribution in [0.1, 0.15) is 71.6 Å². The molecule has 0 amide bonds. The summed E-state index contributed by atoms with van der Waals surface area (Å²) >= 11 is 1.69. The summed E-state index contributed by atoms with van der Waals surface area (Å²) in [6, 6.07) is 0. The Kier molecular flexibility index (Phi) is 12.8. The number of hydrogen-bond donors (Lipinski definition) is 0. The molecule has 1 saturated carbocycles. The van der Waals surface area contributed by atoms with E-state index in [1.807, 2.05) is 0 Å². The fourth-order valence-corrected chi connectivity index (χ4v) is 4.14. The van der Waals surface area contributed by atoms with Gasteiger partial charge in [0.25, 0.3) is 0 Å².